The Hall–Kier alpha value is -0.940. The Morgan fingerprint density at radius 1 is 1.53 bits per heavy atom. The average molecular weight is 210 g/mol. The minimum Gasteiger partial charge on any atom is -0.368 e. The van der Waals surface area contributed by atoms with Crippen molar-refractivity contribution in [2.75, 3.05) is 19.7 Å². The van der Waals surface area contributed by atoms with Gasteiger partial charge in [0.15, 0.2) is 5.82 Å². The van der Waals surface area contributed by atoms with Gasteiger partial charge in [-0.15, -0.1) is 10.2 Å². The molecule has 0 radical (unpaired) electrons. The zero-order chi connectivity index (χ0) is 10.8. The van der Waals surface area contributed by atoms with Gasteiger partial charge in [0.05, 0.1) is 6.61 Å². The van der Waals surface area contributed by atoms with E-state index in [4.69, 9.17) is 4.74 Å². The molecule has 0 N–H and O–H groups in total. The van der Waals surface area contributed by atoms with E-state index in [0.717, 1.165) is 25.5 Å². The number of hydrogen-bond acceptors (Lipinski definition) is 4. The molecule has 0 amide bonds. The van der Waals surface area contributed by atoms with E-state index < -0.39 is 0 Å². The van der Waals surface area contributed by atoms with Gasteiger partial charge in [-0.1, -0.05) is 0 Å². The number of aromatic nitrogens is 3. The van der Waals surface area contributed by atoms with Crippen LogP contribution in [0.25, 0.3) is 0 Å². The van der Waals surface area contributed by atoms with E-state index in [1.54, 1.807) is 6.33 Å². The number of nitrogens with zero attached hydrogens (tertiary/aromatic N) is 4. The summed E-state index contributed by atoms with van der Waals surface area (Å²) in [5.41, 5.74) is 0. The van der Waals surface area contributed by atoms with E-state index in [0.29, 0.717) is 6.04 Å². The fraction of sp³-hybridized carbons (Fsp3) is 0.800. The molecule has 84 valence electrons. The maximum Gasteiger partial charge on any atom is 0.163 e. The Morgan fingerprint density at radius 2 is 2.33 bits per heavy atom. The third-order valence-electron chi connectivity index (χ3n) is 2.86. The van der Waals surface area contributed by atoms with Crippen molar-refractivity contribution in [3.8, 4) is 0 Å². The molecule has 1 fully saturated rings. The minimum absolute atomic E-state index is 0.0636. The third kappa shape index (κ3) is 2.18. The first kappa shape index (κ1) is 10.6. The van der Waals surface area contributed by atoms with Crippen molar-refractivity contribution in [2.24, 2.45) is 7.05 Å². The highest BCUT2D eigenvalue weighted by Gasteiger charge is 2.26. The number of morpholine rings is 1. The van der Waals surface area contributed by atoms with Crippen LogP contribution in [0.2, 0.25) is 0 Å². The topological polar surface area (TPSA) is 43.2 Å². The number of hydrogen-bond donors (Lipinski definition) is 0. The molecule has 1 atom stereocenters. The molecule has 1 aliphatic rings. The summed E-state index contributed by atoms with van der Waals surface area (Å²) in [4.78, 5) is 2.41. The van der Waals surface area contributed by atoms with E-state index >= 15 is 0 Å². The van der Waals surface area contributed by atoms with E-state index in [9.17, 15) is 0 Å². The van der Waals surface area contributed by atoms with Crippen LogP contribution in [0.3, 0.4) is 0 Å². The Labute approximate surface area is 90.0 Å². The fourth-order valence-corrected chi connectivity index (χ4v) is 1.88. The fourth-order valence-electron chi connectivity index (χ4n) is 1.88. The first-order valence-electron chi connectivity index (χ1n) is 5.38. The Balaban J connectivity index is 2.08. The largest absolute Gasteiger partial charge is 0.368 e. The summed E-state index contributed by atoms with van der Waals surface area (Å²) in [6.45, 7) is 7.10. The standard InChI is InChI=1S/C10H18N4O/c1-8(2)14-4-5-15-9(6-14)10-12-11-7-13(10)3/h7-9H,4-6H2,1-3H3. The maximum atomic E-state index is 5.72. The molecule has 5 nitrogen and oxygen atoms in total. The van der Waals surface area contributed by atoms with Crippen molar-refractivity contribution in [1.29, 1.82) is 0 Å². The van der Waals surface area contributed by atoms with Crippen LogP contribution < -0.4 is 0 Å². The Bertz CT molecular complexity index is 323. The number of rotatable bonds is 2. The monoisotopic (exact) mass is 210 g/mol. The molecule has 2 rings (SSSR count). The van der Waals surface area contributed by atoms with Gasteiger partial charge < -0.3 is 9.30 Å². The normalized spacial score (nSPS) is 23.6. The minimum atomic E-state index is 0.0636. The summed E-state index contributed by atoms with van der Waals surface area (Å²) in [6, 6.07) is 0.560. The number of aryl methyl sites for hydroxylation is 1. The molecule has 2 heterocycles. The van der Waals surface area contributed by atoms with Gasteiger partial charge in [-0.3, -0.25) is 4.90 Å². The van der Waals surface area contributed by atoms with E-state index in [2.05, 4.69) is 28.9 Å². The average Bonchev–Trinajstić information content (AvgIpc) is 2.64. The zero-order valence-corrected chi connectivity index (χ0v) is 9.55. The summed E-state index contributed by atoms with van der Waals surface area (Å²) in [5.74, 6) is 0.917. The molecule has 1 saturated heterocycles. The quantitative estimate of drug-likeness (QED) is 0.717. The first-order valence-corrected chi connectivity index (χ1v) is 5.38. The lowest BCUT2D eigenvalue weighted by Gasteiger charge is -2.34. The van der Waals surface area contributed by atoms with Crippen LogP contribution in [0, 0.1) is 0 Å². The second-order valence-electron chi connectivity index (χ2n) is 4.25. The van der Waals surface area contributed by atoms with Crippen molar-refractivity contribution in [3.05, 3.63) is 12.2 Å². The van der Waals surface area contributed by atoms with E-state index in [1.165, 1.54) is 0 Å². The smallest absolute Gasteiger partial charge is 0.163 e. The van der Waals surface area contributed by atoms with Crippen LogP contribution in [0.1, 0.15) is 25.8 Å². The van der Waals surface area contributed by atoms with Gasteiger partial charge in [0, 0.05) is 26.2 Å². The van der Waals surface area contributed by atoms with Crippen molar-refractivity contribution >= 4 is 0 Å². The highest BCUT2D eigenvalue weighted by molar-refractivity contribution is 4.94. The lowest BCUT2D eigenvalue weighted by molar-refractivity contribution is -0.0455. The molecule has 15 heavy (non-hydrogen) atoms. The second-order valence-corrected chi connectivity index (χ2v) is 4.25. The predicted octanol–water partition coefficient (Wildman–Crippen LogP) is 0.597. The lowest BCUT2D eigenvalue weighted by Crippen LogP contribution is -2.42. The van der Waals surface area contributed by atoms with E-state index in [1.807, 2.05) is 11.6 Å². The summed E-state index contributed by atoms with van der Waals surface area (Å²) >= 11 is 0. The molecule has 0 aliphatic carbocycles. The van der Waals surface area contributed by atoms with Crippen LogP contribution in [0.5, 0.6) is 0 Å². The second kappa shape index (κ2) is 4.28. The van der Waals surface area contributed by atoms with Crippen molar-refractivity contribution in [1.82, 2.24) is 19.7 Å². The molecule has 1 unspecified atom stereocenters. The zero-order valence-electron chi connectivity index (χ0n) is 9.55. The molecule has 0 spiro atoms. The van der Waals surface area contributed by atoms with Crippen LogP contribution in [-0.4, -0.2) is 45.4 Å². The summed E-state index contributed by atoms with van der Waals surface area (Å²) in [5, 5.41) is 7.98. The van der Waals surface area contributed by atoms with Crippen LogP contribution in [0.4, 0.5) is 0 Å². The first-order chi connectivity index (χ1) is 7.18. The van der Waals surface area contributed by atoms with Gasteiger partial charge in [0.25, 0.3) is 0 Å². The van der Waals surface area contributed by atoms with Crippen molar-refractivity contribution in [2.45, 2.75) is 26.0 Å². The lowest BCUT2D eigenvalue weighted by atomic mass is 10.2. The molecular weight excluding hydrogens is 192 g/mol. The molecule has 1 aromatic rings. The SMILES string of the molecule is CC(C)N1CCOC(c2nncn2C)C1. The molecule has 1 aromatic heterocycles. The maximum absolute atomic E-state index is 5.72. The van der Waals surface area contributed by atoms with Gasteiger partial charge in [-0.2, -0.15) is 0 Å². The van der Waals surface area contributed by atoms with Crippen molar-refractivity contribution < 1.29 is 4.74 Å². The Morgan fingerprint density at radius 3 is 2.93 bits per heavy atom. The summed E-state index contributed by atoms with van der Waals surface area (Å²) in [7, 11) is 1.95. The molecule has 5 heteroatoms. The molecular formula is C10H18N4O. The predicted molar refractivity (Wildman–Crippen MR) is 56.4 cm³/mol. The molecule has 0 bridgehead atoms. The van der Waals surface area contributed by atoms with Gasteiger partial charge in [-0.25, -0.2) is 0 Å². The van der Waals surface area contributed by atoms with E-state index in [-0.39, 0.29) is 6.10 Å². The highest BCUT2D eigenvalue weighted by Crippen LogP contribution is 2.20. The van der Waals surface area contributed by atoms with Crippen molar-refractivity contribution in [3.63, 3.8) is 0 Å². The summed E-state index contributed by atoms with van der Waals surface area (Å²) in [6.07, 6.45) is 1.78. The Kier molecular flexibility index (Phi) is 3.02. The van der Waals surface area contributed by atoms with Crippen LogP contribution in [0.15, 0.2) is 6.33 Å². The highest BCUT2D eigenvalue weighted by atomic mass is 16.5. The van der Waals surface area contributed by atoms with Gasteiger partial charge in [0.1, 0.15) is 12.4 Å². The van der Waals surface area contributed by atoms with Crippen LogP contribution in [-0.2, 0) is 11.8 Å². The van der Waals surface area contributed by atoms with Gasteiger partial charge in [-0.05, 0) is 13.8 Å². The third-order valence-corrected chi connectivity index (χ3v) is 2.86. The van der Waals surface area contributed by atoms with Gasteiger partial charge >= 0.3 is 0 Å². The summed E-state index contributed by atoms with van der Waals surface area (Å²) < 4.78 is 7.64. The van der Waals surface area contributed by atoms with Crippen LogP contribution >= 0.6 is 0 Å². The molecule has 0 saturated carbocycles. The number of ether oxygens (including phenoxy) is 1. The molecule has 1 aliphatic heterocycles. The molecule has 0 aromatic carbocycles. The van der Waals surface area contributed by atoms with Gasteiger partial charge in [0.2, 0.25) is 0 Å².